The molecule has 0 bridgehead atoms. The standard InChI is InChI=1S/C12H15N3OS/c1-2-5-9-6-3-4-7-10(9)15-11(8-16)13-14-12(15)17/h3-4,6-7,16H,2,5,8H2,1H3,(H,14,17). The van der Waals surface area contributed by atoms with Crippen LogP contribution in [0.1, 0.15) is 24.7 Å². The molecule has 0 unspecified atom stereocenters. The molecule has 1 heterocycles. The van der Waals surface area contributed by atoms with E-state index in [1.54, 1.807) is 4.57 Å². The summed E-state index contributed by atoms with van der Waals surface area (Å²) in [6.45, 7) is 2.01. The summed E-state index contributed by atoms with van der Waals surface area (Å²) >= 11 is 5.20. The number of benzene rings is 1. The van der Waals surface area contributed by atoms with Crippen molar-refractivity contribution in [3.05, 3.63) is 40.4 Å². The van der Waals surface area contributed by atoms with Gasteiger partial charge in [-0.3, -0.25) is 9.67 Å². The molecule has 0 fully saturated rings. The van der Waals surface area contributed by atoms with Crippen LogP contribution in [0.2, 0.25) is 0 Å². The smallest absolute Gasteiger partial charge is 0.199 e. The van der Waals surface area contributed by atoms with Crippen molar-refractivity contribution in [2.45, 2.75) is 26.4 Å². The molecule has 17 heavy (non-hydrogen) atoms. The maximum absolute atomic E-state index is 9.26. The Balaban J connectivity index is 2.59. The lowest BCUT2D eigenvalue weighted by Crippen LogP contribution is -2.04. The van der Waals surface area contributed by atoms with Crippen LogP contribution in [-0.2, 0) is 13.0 Å². The van der Waals surface area contributed by atoms with Gasteiger partial charge in [0.1, 0.15) is 6.61 Å². The van der Waals surface area contributed by atoms with Crippen molar-refractivity contribution >= 4 is 12.2 Å². The first kappa shape index (κ1) is 12.0. The first-order chi connectivity index (χ1) is 8.27. The zero-order valence-electron chi connectivity index (χ0n) is 9.68. The van der Waals surface area contributed by atoms with Crippen LogP contribution in [-0.4, -0.2) is 19.9 Å². The Morgan fingerprint density at radius 1 is 1.41 bits per heavy atom. The maximum atomic E-state index is 9.26. The predicted octanol–water partition coefficient (Wildman–Crippen LogP) is 2.37. The second-order valence-electron chi connectivity index (χ2n) is 3.82. The monoisotopic (exact) mass is 249 g/mol. The predicted molar refractivity (Wildman–Crippen MR) is 68.7 cm³/mol. The molecule has 5 heteroatoms. The van der Waals surface area contributed by atoms with E-state index in [1.807, 2.05) is 18.2 Å². The molecule has 0 saturated carbocycles. The molecule has 0 atom stereocenters. The number of para-hydroxylation sites is 1. The summed E-state index contributed by atoms with van der Waals surface area (Å²) in [6, 6.07) is 8.05. The van der Waals surface area contributed by atoms with Crippen LogP contribution in [0.5, 0.6) is 0 Å². The Hall–Kier alpha value is -1.46. The summed E-state index contributed by atoms with van der Waals surface area (Å²) in [5, 5.41) is 16.0. The third kappa shape index (κ3) is 2.30. The van der Waals surface area contributed by atoms with Gasteiger partial charge in [0, 0.05) is 0 Å². The summed E-state index contributed by atoms with van der Waals surface area (Å²) < 4.78 is 2.30. The lowest BCUT2D eigenvalue weighted by molar-refractivity contribution is 0.268. The number of aliphatic hydroxyl groups excluding tert-OH is 1. The molecule has 2 N–H and O–H groups in total. The molecule has 2 aromatic rings. The number of rotatable bonds is 4. The number of nitrogens with zero attached hydrogens (tertiary/aromatic N) is 2. The normalized spacial score (nSPS) is 10.7. The second-order valence-corrected chi connectivity index (χ2v) is 4.20. The van der Waals surface area contributed by atoms with Crippen LogP contribution in [0.3, 0.4) is 0 Å². The maximum Gasteiger partial charge on any atom is 0.199 e. The van der Waals surface area contributed by atoms with Crippen molar-refractivity contribution in [1.29, 1.82) is 0 Å². The van der Waals surface area contributed by atoms with Crippen molar-refractivity contribution in [3.63, 3.8) is 0 Å². The quantitative estimate of drug-likeness (QED) is 0.818. The van der Waals surface area contributed by atoms with Crippen LogP contribution < -0.4 is 0 Å². The minimum absolute atomic E-state index is 0.131. The lowest BCUT2D eigenvalue weighted by atomic mass is 10.1. The van der Waals surface area contributed by atoms with Crippen LogP contribution in [0.15, 0.2) is 24.3 Å². The van der Waals surface area contributed by atoms with E-state index < -0.39 is 0 Å². The average molecular weight is 249 g/mol. The van der Waals surface area contributed by atoms with E-state index in [2.05, 4.69) is 23.2 Å². The zero-order valence-corrected chi connectivity index (χ0v) is 10.5. The van der Waals surface area contributed by atoms with Gasteiger partial charge in [0.05, 0.1) is 5.69 Å². The van der Waals surface area contributed by atoms with Gasteiger partial charge in [-0.2, -0.15) is 5.10 Å². The molecular weight excluding hydrogens is 234 g/mol. The highest BCUT2D eigenvalue weighted by Gasteiger charge is 2.10. The zero-order chi connectivity index (χ0) is 12.3. The summed E-state index contributed by atoms with van der Waals surface area (Å²) in [6.07, 6.45) is 2.05. The minimum Gasteiger partial charge on any atom is -0.388 e. The highest BCUT2D eigenvalue weighted by atomic mass is 32.1. The molecule has 2 rings (SSSR count). The fraction of sp³-hybridized carbons (Fsp3) is 0.333. The Morgan fingerprint density at radius 3 is 2.88 bits per heavy atom. The third-order valence-electron chi connectivity index (χ3n) is 2.64. The Labute approximate surface area is 105 Å². The second kappa shape index (κ2) is 5.25. The van der Waals surface area contributed by atoms with Gasteiger partial charge < -0.3 is 5.11 Å². The molecule has 0 radical (unpaired) electrons. The van der Waals surface area contributed by atoms with Crippen molar-refractivity contribution in [3.8, 4) is 5.69 Å². The van der Waals surface area contributed by atoms with Crippen LogP contribution in [0, 0.1) is 4.77 Å². The summed E-state index contributed by atoms with van der Waals surface area (Å²) in [5.41, 5.74) is 2.21. The summed E-state index contributed by atoms with van der Waals surface area (Å²) in [5.74, 6) is 0.540. The number of hydrogen-bond donors (Lipinski definition) is 2. The largest absolute Gasteiger partial charge is 0.388 e. The van der Waals surface area contributed by atoms with Crippen LogP contribution >= 0.6 is 12.2 Å². The molecule has 0 amide bonds. The molecule has 0 aliphatic rings. The van der Waals surface area contributed by atoms with Crippen molar-refractivity contribution in [2.75, 3.05) is 0 Å². The number of H-pyrrole nitrogens is 1. The van der Waals surface area contributed by atoms with Crippen molar-refractivity contribution < 1.29 is 5.11 Å². The van der Waals surface area contributed by atoms with Gasteiger partial charge in [-0.05, 0) is 30.3 Å². The molecule has 0 saturated heterocycles. The number of nitrogens with one attached hydrogen (secondary N) is 1. The molecule has 0 aliphatic heterocycles. The van der Waals surface area contributed by atoms with Gasteiger partial charge in [-0.1, -0.05) is 31.5 Å². The average Bonchev–Trinajstić information content (AvgIpc) is 2.72. The number of aromatic nitrogens is 3. The Kier molecular flexibility index (Phi) is 3.71. The molecule has 0 aliphatic carbocycles. The molecule has 90 valence electrons. The Morgan fingerprint density at radius 2 is 2.18 bits per heavy atom. The van der Waals surface area contributed by atoms with Gasteiger partial charge in [-0.25, -0.2) is 0 Å². The number of aryl methyl sites for hydroxylation is 1. The molecular formula is C12H15N3OS. The lowest BCUT2D eigenvalue weighted by Gasteiger charge is -2.10. The summed E-state index contributed by atoms with van der Waals surface area (Å²) in [7, 11) is 0. The summed E-state index contributed by atoms with van der Waals surface area (Å²) in [4.78, 5) is 0. The third-order valence-corrected chi connectivity index (χ3v) is 2.91. The van der Waals surface area contributed by atoms with E-state index in [-0.39, 0.29) is 6.61 Å². The number of aliphatic hydroxyl groups is 1. The Bertz CT molecular complexity index is 559. The van der Waals surface area contributed by atoms with E-state index >= 15 is 0 Å². The highest BCUT2D eigenvalue weighted by molar-refractivity contribution is 7.71. The molecule has 0 spiro atoms. The number of hydrogen-bond acceptors (Lipinski definition) is 3. The van der Waals surface area contributed by atoms with Crippen LogP contribution in [0.25, 0.3) is 5.69 Å². The van der Waals surface area contributed by atoms with Gasteiger partial charge >= 0.3 is 0 Å². The van der Waals surface area contributed by atoms with E-state index in [9.17, 15) is 5.11 Å². The molecule has 4 nitrogen and oxygen atoms in total. The SMILES string of the molecule is CCCc1ccccc1-n1c(CO)n[nH]c1=S. The van der Waals surface area contributed by atoms with E-state index in [4.69, 9.17) is 12.2 Å². The minimum atomic E-state index is -0.131. The van der Waals surface area contributed by atoms with Gasteiger partial charge in [0.2, 0.25) is 0 Å². The van der Waals surface area contributed by atoms with E-state index in [1.165, 1.54) is 5.56 Å². The van der Waals surface area contributed by atoms with Gasteiger partial charge in [-0.15, -0.1) is 0 Å². The highest BCUT2D eigenvalue weighted by Crippen LogP contribution is 2.18. The number of aromatic amines is 1. The molecule has 1 aromatic heterocycles. The topological polar surface area (TPSA) is 53.8 Å². The van der Waals surface area contributed by atoms with Crippen LogP contribution in [0.4, 0.5) is 0 Å². The fourth-order valence-electron chi connectivity index (χ4n) is 1.89. The fourth-order valence-corrected chi connectivity index (χ4v) is 2.14. The first-order valence-corrected chi connectivity index (χ1v) is 6.04. The van der Waals surface area contributed by atoms with E-state index in [0.29, 0.717) is 10.6 Å². The first-order valence-electron chi connectivity index (χ1n) is 5.63. The molecule has 1 aromatic carbocycles. The van der Waals surface area contributed by atoms with Gasteiger partial charge in [0.25, 0.3) is 0 Å². The van der Waals surface area contributed by atoms with Crippen molar-refractivity contribution in [1.82, 2.24) is 14.8 Å². The van der Waals surface area contributed by atoms with E-state index in [0.717, 1.165) is 18.5 Å². The van der Waals surface area contributed by atoms with Gasteiger partial charge in [0.15, 0.2) is 10.6 Å². The van der Waals surface area contributed by atoms with Crippen molar-refractivity contribution in [2.24, 2.45) is 0 Å².